The Hall–Kier alpha value is -1.68. The number of nitrogens with zero attached hydrogens (tertiary/aromatic N) is 2. The first-order valence-corrected chi connectivity index (χ1v) is 7.94. The van der Waals surface area contributed by atoms with Crippen LogP contribution in [-0.4, -0.2) is 30.2 Å². The predicted molar refractivity (Wildman–Crippen MR) is 81.7 cm³/mol. The SMILES string of the molecule is O=C(C1C[C@@H]2CNC[C@H]2C1)N1N=CC[C@H]1c1ccccc1. The van der Waals surface area contributed by atoms with E-state index in [0.717, 1.165) is 32.4 Å². The minimum absolute atomic E-state index is 0.0947. The summed E-state index contributed by atoms with van der Waals surface area (Å²) in [5, 5.41) is 9.55. The Morgan fingerprint density at radius 1 is 1.14 bits per heavy atom. The summed E-state index contributed by atoms with van der Waals surface area (Å²) >= 11 is 0. The average molecular weight is 283 g/mol. The van der Waals surface area contributed by atoms with E-state index in [4.69, 9.17) is 0 Å². The summed E-state index contributed by atoms with van der Waals surface area (Å²) in [5.41, 5.74) is 1.18. The molecule has 4 rings (SSSR count). The van der Waals surface area contributed by atoms with Crippen molar-refractivity contribution in [3.63, 3.8) is 0 Å². The molecule has 0 aromatic heterocycles. The van der Waals surface area contributed by atoms with E-state index < -0.39 is 0 Å². The fourth-order valence-electron chi connectivity index (χ4n) is 4.13. The van der Waals surface area contributed by atoms with E-state index >= 15 is 0 Å². The van der Waals surface area contributed by atoms with Crippen molar-refractivity contribution in [2.75, 3.05) is 13.1 Å². The van der Waals surface area contributed by atoms with Crippen LogP contribution in [0.15, 0.2) is 35.4 Å². The molecule has 1 saturated heterocycles. The highest BCUT2D eigenvalue weighted by atomic mass is 16.2. The molecular weight excluding hydrogens is 262 g/mol. The number of fused-ring (bicyclic) bond motifs is 1. The highest BCUT2D eigenvalue weighted by Gasteiger charge is 2.43. The molecule has 0 bridgehead atoms. The zero-order valence-electron chi connectivity index (χ0n) is 12.1. The predicted octanol–water partition coefficient (Wildman–Crippen LogP) is 2.19. The summed E-state index contributed by atoms with van der Waals surface area (Å²) < 4.78 is 0. The van der Waals surface area contributed by atoms with Crippen molar-refractivity contribution in [1.29, 1.82) is 0 Å². The highest BCUT2D eigenvalue weighted by molar-refractivity contribution is 5.82. The van der Waals surface area contributed by atoms with Crippen LogP contribution < -0.4 is 5.32 Å². The molecular formula is C17H21N3O. The first-order chi connectivity index (χ1) is 10.3. The van der Waals surface area contributed by atoms with Crippen LogP contribution in [0, 0.1) is 17.8 Å². The van der Waals surface area contributed by atoms with Crippen LogP contribution in [0.1, 0.15) is 30.9 Å². The maximum absolute atomic E-state index is 12.9. The Morgan fingerprint density at radius 2 is 1.86 bits per heavy atom. The Balaban J connectivity index is 1.50. The third kappa shape index (κ3) is 2.27. The number of hydrazone groups is 1. The van der Waals surface area contributed by atoms with E-state index in [1.165, 1.54) is 5.56 Å². The van der Waals surface area contributed by atoms with Gasteiger partial charge in [-0.2, -0.15) is 5.10 Å². The molecule has 0 spiro atoms. The molecule has 21 heavy (non-hydrogen) atoms. The molecule has 3 aliphatic rings. The molecule has 1 aromatic rings. The van der Waals surface area contributed by atoms with Gasteiger partial charge in [-0.1, -0.05) is 30.3 Å². The number of hydrogen-bond donors (Lipinski definition) is 1. The molecule has 2 heterocycles. The third-order valence-electron chi connectivity index (χ3n) is 5.24. The monoisotopic (exact) mass is 283 g/mol. The molecule has 1 amide bonds. The summed E-state index contributed by atoms with van der Waals surface area (Å²) in [6.07, 6.45) is 4.78. The van der Waals surface area contributed by atoms with Gasteiger partial charge < -0.3 is 5.32 Å². The van der Waals surface area contributed by atoms with Crippen molar-refractivity contribution >= 4 is 12.1 Å². The van der Waals surface area contributed by atoms with Crippen molar-refractivity contribution < 1.29 is 4.79 Å². The number of carbonyl (C=O) groups is 1. The topological polar surface area (TPSA) is 44.7 Å². The van der Waals surface area contributed by atoms with Gasteiger partial charge in [-0.3, -0.25) is 4.79 Å². The van der Waals surface area contributed by atoms with Gasteiger partial charge in [-0.05, 0) is 43.3 Å². The molecule has 1 aliphatic carbocycles. The van der Waals surface area contributed by atoms with Crippen molar-refractivity contribution in [3.05, 3.63) is 35.9 Å². The van der Waals surface area contributed by atoms with Crippen molar-refractivity contribution in [2.24, 2.45) is 22.9 Å². The zero-order valence-corrected chi connectivity index (χ0v) is 12.1. The molecule has 0 unspecified atom stereocenters. The number of rotatable bonds is 2. The van der Waals surface area contributed by atoms with Crippen molar-refractivity contribution in [1.82, 2.24) is 10.3 Å². The van der Waals surface area contributed by atoms with Crippen LogP contribution in [-0.2, 0) is 4.79 Å². The number of nitrogens with one attached hydrogen (secondary N) is 1. The van der Waals surface area contributed by atoms with Crippen LogP contribution >= 0.6 is 0 Å². The van der Waals surface area contributed by atoms with E-state index in [9.17, 15) is 4.79 Å². The molecule has 1 aromatic carbocycles. The van der Waals surface area contributed by atoms with Gasteiger partial charge in [0.2, 0.25) is 5.91 Å². The van der Waals surface area contributed by atoms with Crippen LogP contribution in [0.5, 0.6) is 0 Å². The van der Waals surface area contributed by atoms with E-state index in [-0.39, 0.29) is 17.9 Å². The minimum Gasteiger partial charge on any atom is -0.316 e. The lowest BCUT2D eigenvalue weighted by molar-refractivity contribution is -0.137. The van der Waals surface area contributed by atoms with E-state index in [1.807, 2.05) is 24.4 Å². The van der Waals surface area contributed by atoms with E-state index in [2.05, 4.69) is 22.6 Å². The summed E-state index contributed by atoms with van der Waals surface area (Å²) in [4.78, 5) is 12.9. The smallest absolute Gasteiger partial charge is 0.246 e. The molecule has 110 valence electrons. The molecule has 1 N–H and O–H groups in total. The van der Waals surface area contributed by atoms with Crippen LogP contribution in [0.4, 0.5) is 0 Å². The molecule has 3 atom stereocenters. The van der Waals surface area contributed by atoms with Gasteiger partial charge in [0.1, 0.15) is 0 Å². The second kappa shape index (κ2) is 5.26. The quantitative estimate of drug-likeness (QED) is 0.904. The second-order valence-electron chi connectivity index (χ2n) is 6.49. The molecule has 2 aliphatic heterocycles. The lowest BCUT2D eigenvalue weighted by atomic mass is 10.0. The number of amides is 1. The minimum atomic E-state index is 0.0947. The summed E-state index contributed by atoms with van der Waals surface area (Å²) in [7, 11) is 0. The highest BCUT2D eigenvalue weighted by Crippen LogP contribution is 2.41. The first kappa shape index (κ1) is 13.0. The fraction of sp³-hybridized carbons (Fsp3) is 0.529. The lowest BCUT2D eigenvalue weighted by Crippen LogP contribution is -2.32. The standard InChI is InChI=1S/C17H21N3O/c21-17(13-8-14-10-18-11-15(14)9-13)20-16(6-7-19-20)12-4-2-1-3-5-12/h1-5,7,13-16,18H,6,8-11H2/t14-,15-,16+/m1/s1. The Morgan fingerprint density at radius 3 is 2.57 bits per heavy atom. The molecule has 4 nitrogen and oxygen atoms in total. The molecule has 1 saturated carbocycles. The van der Waals surface area contributed by atoms with Crippen LogP contribution in [0.3, 0.4) is 0 Å². The normalized spacial score (nSPS) is 31.8. The van der Waals surface area contributed by atoms with Crippen LogP contribution in [0.25, 0.3) is 0 Å². The number of benzene rings is 1. The molecule has 4 heteroatoms. The molecule has 2 fully saturated rings. The summed E-state index contributed by atoms with van der Waals surface area (Å²) in [6, 6.07) is 10.3. The fourth-order valence-corrected chi connectivity index (χ4v) is 4.13. The summed E-state index contributed by atoms with van der Waals surface area (Å²) in [6.45, 7) is 2.17. The van der Waals surface area contributed by atoms with Crippen molar-refractivity contribution in [2.45, 2.75) is 25.3 Å². The Kier molecular flexibility index (Phi) is 3.26. The van der Waals surface area contributed by atoms with Gasteiger partial charge >= 0.3 is 0 Å². The van der Waals surface area contributed by atoms with Crippen LogP contribution in [0.2, 0.25) is 0 Å². The maximum atomic E-state index is 12.9. The average Bonchev–Trinajstić information content (AvgIpc) is 3.22. The largest absolute Gasteiger partial charge is 0.316 e. The lowest BCUT2D eigenvalue weighted by Gasteiger charge is -2.25. The van der Waals surface area contributed by atoms with Gasteiger partial charge in [0.05, 0.1) is 6.04 Å². The first-order valence-electron chi connectivity index (χ1n) is 7.94. The number of hydrogen-bond acceptors (Lipinski definition) is 3. The third-order valence-corrected chi connectivity index (χ3v) is 5.24. The van der Waals surface area contributed by atoms with E-state index in [1.54, 1.807) is 5.01 Å². The zero-order chi connectivity index (χ0) is 14.2. The van der Waals surface area contributed by atoms with Gasteiger partial charge in [-0.15, -0.1) is 0 Å². The van der Waals surface area contributed by atoms with Gasteiger partial charge in [0.15, 0.2) is 0 Å². The number of carbonyl (C=O) groups excluding carboxylic acids is 1. The summed E-state index contributed by atoms with van der Waals surface area (Å²) in [5.74, 6) is 1.79. The van der Waals surface area contributed by atoms with Gasteiger partial charge in [0, 0.05) is 18.6 Å². The van der Waals surface area contributed by atoms with E-state index in [0.29, 0.717) is 11.8 Å². The van der Waals surface area contributed by atoms with Gasteiger partial charge in [0.25, 0.3) is 0 Å². The second-order valence-corrected chi connectivity index (χ2v) is 6.49. The Bertz CT molecular complexity index is 544. The van der Waals surface area contributed by atoms with Gasteiger partial charge in [-0.25, -0.2) is 5.01 Å². The van der Waals surface area contributed by atoms with Crippen molar-refractivity contribution in [3.8, 4) is 0 Å². The Labute approximate surface area is 125 Å². The maximum Gasteiger partial charge on any atom is 0.246 e. The molecule has 0 radical (unpaired) electrons.